The number of carbonyl (C=O) groups is 2. The van der Waals surface area contributed by atoms with E-state index in [0.29, 0.717) is 36.3 Å². The molecule has 30 heavy (non-hydrogen) atoms. The van der Waals surface area contributed by atoms with Crippen molar-refractivity contribution in [2.75, 3.05) is 13.1 Å². The van der Waals surface area contributed by atoms with Gasteiger partial charge in [0.05, 0.1) is 0 Å². The number of Topliss-reactive ketones (excluding diaryl/α,β-unsaturated/α-hetero) is 1. The molecule has 154 valence electrons. The first kappa shape index (κ1) is 20.0. The molecule has 1 aliphatic heterocycles. The highest BCUT2D eigenvalue weighted by atomic mass is 19.1. The first-order valence-electron chi connectivity index (χ1n) is 10.1. The van der Waals surface area contributed by atoms with Crippen LogP contribution in [0.2, 0.25) is 0 Å². The van der Waals surface area contributed by atoms with Crippen molar-refractivity contribution >= 4 is 11.7 Å². The number of benzene rings is 2. The van der Waals surface area contributed by atoms with Crippen LogP contribution in [0.15, 0.2) is 54.6 Å². The van der Waals surface area contributed by atoms with Gasteiger partial charge in [-0.3, -0.25) is 14.3 Å². The standard InChI is InChI=1S/C24H24FN3O2/c1-16-13-22(26-27(16)2)24(30)28-12-6-9-19(15-28)23(29)18-10-11-20(21(25)14-18)17-7-4-3-5-8-17/h3-5,7-8,10-11,13-14,19H,6,9,12,15H2,1-2H3. The second kappa shape index (κ2) is 8.22. The molecule has 0 saturated carbocycles. The van der Waals surface area contributed by atoms with Crippen molar-refractivity contribution in [1.29, 1.82) is 0 Å². The number of piperidine rings is 1. The first-order valence-corrected chi connectivity index (χ1v) is 10.1. The molecule has 2 aromatic carbocycles. The Kier molecular flexibility index (Phi) is 5.48. The van der Waals surface area contributed by atoms with Crippen molar-refractivity contribution in [3.05, 3.63) is 77.4 Å². The highest BCUT2D eigenvalue weighted by molar-refractivity contribution is 5.99. The maximum absolute atomic E-state index is 14.7. The second-order valence-electron chi connectivity index (χ2n) is 7.81. The topological polar surface area (TPSA) is 55.2 Å². The predicted octanol–water partition coefficient (Wildman–Crippen LogP) is 4.27. The van der Waals surface area contributed by atoms with Crippen LogP contribution < -0.4 is 0 Å². The minimum atomic E-state index is -0.417. The molecule has 6 heteroatoms. The molecule has 1 amide bonds. The van der Waals surface area contributed by atoms with Gasteiger partial charge in [0.1, 0.15) is 5.82 Å². The van der Waals surface area contributed by atoms with E-state index < -0.39 is 5.82 Å². The maximum atomic E-state index is 14.7. The zero-order valence-corrected chi connectivity index (χ0v) is 17.1. The Balaban J connectivity index is 1.50. The van der Waals surface area contributed by atoms with Gasteiger partial charge in [0.2, 0.25) is 0 Å². The van der Waals surface area contributed by atoms with Gasteiger partial charge >= 0.3 is 0 Å². The Labute approximate surface area is 175 Å². The number of hydrogen-bond donors (Lipinski definition) is 0. The van der Waals surface area contributed by atoms with Gasteiger partial charge in [-0.05, 0) is 37.5 Å². The Morgan fingerprint density at radius 2 is 1.87 bits per heavy atom. The van der Waals surface area contributed by atoms with Gasteiger partial charge in [-0.25, -0.2) is 4.39 Å². The van der Waals surface area contributed by atoms with E-state index in [1.807, 2.05) is 37.3 Å². The van der Waals surface area contributed by atoms with Gasteiger partial charge in [-0.15, -0.1) is 0 Å². The van der Waals surface area contributed by atoms with Crippen LogP contribution in [-0.4, -0.2) is 39.5 Å². The molecule has 0 bridgehead atoms. The van der Waals surface area contributed by atoms with Crippen LogP contribution in [-0.2, 0) is 7.05 Å². The van der Waals surface area contributed by atoms with Crippen LogP contribution in [0.5, 0.6) is 0 Å². The molecule has 0 N–H and O–H groups in total. The van der Waals surface area contributed by atoms with E-state index in [1.54, 1.807) is 34.8 Å². The fourth-order valence-corrected chi connectivity index (χ4v) is 3.96. The molecule has 1 aromatic heterocycles. The minimum Gasteiger partial charge on any atom is -0.337 e. The van der Waals surface area contributed by atoms with Gasteiger partial charge in [0.25, 0.3) is 5.91 Å². The van der Waals surface area contributed by atoms with E-state index in [2.05, 4.69) is 5.10 Å². The maximum Gasteiger partial charge on any atom is 0.274 e. The largest absolute Gasteiger partial charge is 0.337 e. The fourth-order valence-electron chi connectivity index (χ4n) is 3.96. The predicted molar refractivity (Wildman–Crippen MR) is 113 cm³/mol. The molecular formula is C24H24FN3O2. The van der Waals surface area contributed by atoms with E-state index >= 15 is 0 Å². The summed E-state index contributed by atoms with van der Waals surface area (Å²) in [6.07, 6.45) is 1.42. The van der Waals surface area contributed by atoms with E-state index in [9.17, 15) is 14.0 Å². The Morgan fingerprint density at radius 1 is 1.10 bits per heavy atom. The van der Waals surface area contributed by atoms with E-state index in [0.717, 1.165) is 17.7 Å². The third kappa shape index (κ3) is 3.90. The monoisotopic (exact) mass is 405 g/mol. The summed E-state index contributed by atoms with van der Waals surface area (Å²) < 4.78 is 16.4. The molecule has 1 atom stereocenters. The first-order chi connectivity index (χ1) is 14.4. The van der Waals surface area contributed by atoms with Crippen molar-refractivity contribution in [2.45, 2.75) is 19.8 Å². The molecule has 0 spiro atoms. The lowest BCUT2D eigenvalue weighted by molar-refractivity contribution is 0.0631. The number of carbonyl (C=O) groups excluding carboxylic acids is 2. The minimum absolute atomic E-state index is 0.122. The third-order valence-corrected chi connectivity index (χ3v) is 5.75. The summed E-state index contributed by atoms with van der Waals surface area (Å²) in [6, 6.07) is 15.7. The Bertz CT molecular complexity index is 1070. The number of aromatic nitrogens is 2. The molecule has 1 aliphatic rings. The van der Waals surface area contributed by atoms with E-state index in [4.69, 9.17) is 0 Å². The Morgan fingerprint density at radius 3 is 2.53 bits per heavy atom. The number of nitrogens with zero attached hydrogens (tertiary/aromatic N) is 3. The van der Waals surface area contributed by atoms with Crippen LogP contribution in [0.25, 0.3) is 11.1 Å². The van der Waals surface area contributed by atoms with Crippen LogP contribution >= 0.6 is 0 Å². The summed E-state index contributed by atoms with van der Waals surface area (Å²) in [5.41, 5.74) is 2.88. The average Bonchev–Trinajstić information content (AvgIpc) is 3.11. The highest BCUT2D eigenvalue weighted by Crippen LogP contribution is 2.27. The number of likely N-dealkylation sites (tertiary alicyclic amines) is 1. The number of amides is 1. The van der Waals surface area contributed by atoms with E-state index in [-0.39, 0.29) is 17.6 Å². The van der Waals surface area contributed by atoms with Crippen molar-refractivity contribution in [3.63, 3.8) is 0 Å². The quantitative estimate of drug-likeness (QED) is 0.609. The molecule has 5 nitrogen and oxygen atoms in total. The van der Waals surface area contributed by atoms with Crippen molar-refractivity contribution in [1.82, 2.24) is 14.7 Å². The lowest BCUT2D eigenvalue weighted by atomic mass is 9.89. The van der Waals surface area contributed by atoms with Crippen molar-refractivity contribution in [3.8, 4) is 11.1 Å². The van der Waals surface area contributed by atoms with Gasteiger partial charge in [0.15, 0.2) is 11.5 Å². The summed E-state index contributed by atoms with van der Waals surface area (Å²) in [5, 5.41) is 4.25. The molecular weight excluding hydrogens is 381 g/mol. The zero-order chi connectivity index (χ0) is 21.3. The normalized spacial score (nSPS) is 16.5. The molecule has 3 aromatic rings. The lowest BCUT2D eigenvalue weighted by Gasteiger charge is -2.31. The molecule has 0 aliphatic carbocycles. The average molecular weight is 405 g/mol. The van der Waals surface area contributed by atoms with Crippen molar-refractivity contribution < 1.29 is 14.0 Å². The zero-order valence-electron chi connectivity index (χ0n) is 17.1. The summed E-state index contributed by atoms with van der Waals surface area (Å²) in [4.78, 5) is 27.5. The van der Waals surface area contributed by atoms with Crippen LogP contribution in [0.1, 0.15) is 39.4 Å². The van der Waals surface area contributed by atoms with Gasteiger partial charge in [0, 0.05) is 42.9 Å². The van der Waals surface area contributed by atoms with Crippen LogP contribution in [0, 0.1) is 18.7 Å². The van der Waals surface area contributed by atoms with Crippen molar-refractivity contribution in [2.24, 2.45) is 13.0 Å². The summed E-state index contributed by atoms with van der Waals surface area (Å²) in [5.74, 6) is -1.04. The van der Waals surface area contributed by atoms with Gasteiger partial charge in [-0.2, -0.15) is 5.10 Å². The summed E-state index contributed by atoms with van der Waals surface area (Å²) in [7, 11) is 1.79. The molecule has 0 radical (unpaired) electrons. The van der Waals surface area contributed by atoms with Gasteiger partial charge < -0.3 is 4.90 Å². The molecule has 1 unspecified atom stereocenters. The van der Waals surface area contributed by atoms with E-state index in [1.165, 1.54) is 6.07 Å². The van der Waals surface area contributed by atoms with Gasteiger partial charge in [-0.1, -0.05) is 42.5 Å². The number of hydrogen-bond acceptors (Lipinski definition) is 3. The number of aryl methyl sites for hydroxylation is 2. The Hall–Kier alpha value is -3.28. The molecule has 2 heterocycles. The number of halogens is 1. The molecule has 4 rings (SSSR count). The second-order valence-corrected chi connectivity index (χ2v) is 7.81. The van der Waals surface area contributed by atoms with Crippen LogP contribution in [0.4, 0.5) is 4.39 Å². The third-order valence-electron chi connectivity index (χ3n) is 5.75. The SMILES string of the molecule is Cc1cc(C(=O)N2CCCC(C(=O)c3ccc(-c4ccccc4)c(F)c3)C2)nn1C. The summed E-state index contributed by atoms with van der Waals surface area (Å²) >= 11 is 0. The number of ketones is 1. The lowest BCUT2D eigenvalue weighted by Crippen LogP contribution is -2.42. The molecule has 1 saturated heterocycles. The summed E-state index contributed by atoms with van der Waals surface area (Å²) in [6.45, 7) is 2.81. The number of rotatable bonds is 4. The fraction of sp³-hybridized carbons (Fsp3) is 0.292. The highest BCUT2D eigenvalue weighted by Gasteiger charge is 2.30. The molecule has 1 fully saturated rings. The van der Waals surface area contributed by atoms with Crippen LogP contribution in [0.3, 0.4) is 0 Å². The smallest absolute Gasteiger partial charge is 0.274 e.